The fraction of sp³-hybridized carbons (Fsp3) is 0.455. The maximum Gasteiger partial charge on any atom is 0.253 e. The Hall–Kier alpha value is -2.41. The standard InChI is InChI=1S/C22H27N5OS/c1-14-8-4-7-11-19(14)24-20(28)18-10-6-5-9-17(18)13-29-22-25-21-23-15(2)12-16(3)27(21)26-22/h5-6,9-10,12,14,19H,4,7-8,11,13H2,1-3H3,(H,24,28). The topological polar surface area (TPSA) is 72.2 Å². The molecule has 0 aliphatic heterocycles. The van der Waals surface area contributed by atoms with Crippen LogP contribution in [0.3, 0.4) is 0 Å². The molecule has 0 saturated heterocycles. The van der Waals surface area contributed by atoms with Crippen LogP contribution in [0.1, 0.15) is 59.9 Å². The monoisotopic (exact) mass is 409 g/mol. The number of hydrogen-bond acceptors (Lipinski definition) is 5. The SMILES string of the molecule is Cc1cc(C)n2nc(SCc3ccccc3C(=O)NC3CCCCC3C)nc2n1. The summed E-state index contributed by atoms with van der Waals surface area (Å²) in [5, 5.41) is 8.49. The van der Waals surface area contributed by atoms with Crippen LogP contribution in [0.15, 0.2) is 35.5 Å². The van der Waals surface area contributed by atoms with E-state index in [1.807, 2.05) is 44.2 Å². The predicted molar refractivity (Wildman–Crippen MR) is 115 cm³/mol. The molecule has 7 heteroatoms. The van der Waals surface area contributed by atoms with E-state index >= 15 is 0 Å². The molecule has 1 fully saturated rings. The Kier molecular flexibility index (Phi) is 5.85. The summed E-state index contributed by atoms with van der Waals surface area (Å²) in [5.74, 6) is 1.81. The number of nitrogens with zero attached hydrogens (tertiary/aromatic N) is 4. The summed E-state index contributed by atoms with van der Waals surface area (Å²) in [4.78, 5) is 21.9. The first-order valence-corrected chi connectivity index (χ1v) is 11.2. The minimum Gasteiger partial charge on any atom is -0.349 e. The van der Waals surface area contributed by atoms with Gasteiger partial charge in [-0.2, -0.15) is 4.98 Å². The quantitative estimate of drug-likeness (QED) is 0.635. The van der Waals surface area contributed by atoms with Gasteiger partial charge in [0.15, 0.2) is 0 Å². The molecule has 2 unspecified atom stereocenters. The summed E-state index contributed by atoms with van der Waals surface area (Å²) >= 11 is 1.53. The number of rotatable bonds is 5. The van der Waals surface area contributed by atoms with E-state index in [2.05, 4.69) is 27.3 Å². The Labute approximate surface area is 175 Å². The molecule has 4 rings (SSSR count). The number of aryl methyl sites for hydroxylation is 2. The molecule has 3 aromatic rings. The van der Waals surface area contributed by atoms with E-state index in [9.17, 15) is 4.79 Å². The Bertz CT molecular complexity index is 1030. The van der Waals surface area contributed by atoms with Crippen molar-refractivity contribution in [2.24, 2.45) is 5.92 Å². The van der Waals surface area contributed by atoms with Crippen molar-refractivity contribution >= 4 is 23.4 Å². The van der Waals surface area contributed by atoms with E-state index in [1.165, 1.54) is 31.0 Å². The molecule has 2 atom stereocenters. The number of carbonyl (C=O) groups is 1. The van der Waals surface area contributed by atoms with E-state index in [4.69, 9.17) is 0 Å². The number of fused-ring (bicyclic) bond motifs is 1. The first-order chi connectivity index (χ1) is 14.0. The van der Waals surface area contributed by atoms with Crippen LogP contribution >= 0.6 is 11.8 Å². The molecule has 1 aliphatic carbocycles. The van der Waals surface area contributed by atoms with Crippen molar-refractivity contribution in [1.29, 1.82) is 0 Å². The molecule has 2 heterocycles. The van der Waals surface area contributed by atoms with Crippen LogP contribution in [-0.4, -0.2) is 31.5 Å². The molecule has 1 amide bonds. The van der Waals surface area contributed by atoms with Crippen molar-refractivity contribution < 1.29 is 4.79 Å². The number of carbonyl (C=O) groups excluding carboxylic acids is 1. The molecule has 152 valence electrons. The van der Waals surface area contributed by atoms with Gasteiger partial charge in [0.1, 0.15) is 0 Å². The fourth-order valence-electron chi connectivity index (χ4n) is 4.00. The summed E-state index contributed by atoms with van der Waals surface area (Å²) in [7, 11) is 0. The van der Waals surface area contributed by atoms with E-state index < -0.39 is 0 Å². The van der Waals surface area contributed by atoms with E-state index in [0.29, 0.717) is 22.6 Å². The summed E-state index contributed by atoms with van der Waals surface area (Å²) < 4.78 is 1.76. The van der Waals surface area contributed by atoms with Gasteiger partial charge in [-0.15, -0.1) is 5.10 Å². The molecule has 2 aromatic heterocycles. The highest BCUT2D eigenvalue weighted by Gasteiger charge is 2.24. The minimum atomic E-state index is 0.0241. The normalized spacial score (nSPS) is 19.4. The van der Waals surface area contributed by atoms with Gasteiger partial charge in [0.25, 0.3) is 11.7 Å². The van der Waals surface area contributed by atoms with Gasteiger partial charge in [-0.25, -0.2) is 9.50 Å². The van der Waals surface area contributed by atoms with E-state index in [-0.39, 0.29) is 11.9 Å². The molecule has 0 spiro atoms. The Morgan fingerprint density at radius 3 is 2.83 bits per heavy atom. The van der Waals surface area contributed by atoms with Crippen LogP contribution in [0.2, 0.25) is 0 Å². The summed E-state index contributed by atoms with van der Waals surface area (Å²) in [6, 6.07) is 10.1. The van der Waals surface area contributed by atoms with Crippen LogP contribution in [0.25, 0.3) is 5.78 Å². The van der Waals surface area contributed by atoms with Gasteiger partial charge in [-0.1, -0.05) is 49.7 Å². The Morgan fingerprint density at radius 2 is 2.00 bits per heavy atom. The fourth-order valence-corrected chi connectivity index (χ4v) is 4.82. The maximum atomic E-state index is 12.9. The molecule has 6 nitrogen and oxygen atoms in total. The lowest BCUT2D eigenvalue weighted by Crippen LogP contribution is -2.41. The molecular formula is C22H27N5OS. The summed E-state index contributed by atoms with van der Waals surface area (Å²) in [5.41, 5.74) is 3.68. The highest BCUT2D eigenvalue weighted by atomic mass is 32.2. The third-order valence-corrected chi connectivity index (χ3v) is 6.53. The van der Waals surface area contributed by atoms with Gasteiger partial charge in [0.05, 0.1) is 0 Å². The number of nitrogens with one attached hydrogen (secondary N) is 1. The third-order valence-electron chi connectivity index (χ3n) is 5.65. The Balaban J connectivity index is 1.48. The second-order valence-electron chi connectivity index (χ2n) is 7.93. The highest BCUT2D eigenvalue weighted by molar-refractivity contribution is 7.98. The van der Waals surface area contributed by atoms with Crippen LogP contribution in [0.5, 0.6) is 0 Å². The van der Waals surface area contributed by atoms with Crippen molar-refractivity contribution in [2.75, 3.05) is 0 Å². The molecule has 1 aromatic carbocycles. The Morgan fingerprint density at radius 1 is 1.21 bits per heavy atom. The van der Waals surface area contributed by atoms with Crippen LogP contribution in [0, 0.1) is 19.8 Å². The molecule has 0 bridgehead atoms. The minimum absolute atomic E-state index is 0.0241. The lowest BCUT2D eigenvalue weighted by Gasteiger charge is -2.29. The zero-order chi connectivity index (χ0) is 20.4. The predicted octanol–water partition coefficient (Wildman–Crippen LogP) is 4.34. The second-order valence-corrected chi connectivity index (χ2v) is 8.88. The number of thioether (sulfide) groups is 1. The largest absolute Gasteiger partial charge is 0.349 e. The van der Waals surface area contributed by atoms with Crippen molar-refractivity contribution in [3.8, 4) is 0 Å². The maximum absolute atomic E-state index is 12.9. The summed E-state index contributed by atoms with van der Waals surface area (Å²) in [6.07, 6.45) is 4.72. The smallest absolute Gasteiger partial charge is 0.253 e. The number of aromatic nitrogens is 4. The van der Waals surface area contributed by atoms with Crippen LogP contribution in [0.4, 0.5) is 0 Å². The van der Waals surface area contributed by atoms with Gasteiger partial charge < -0.3 is 5.32 Å². The van der Waals surface area contributed by atoms with E-state index in [1.54, 1.807) is 4.52 Å². The lowest BCUT2D eigenvalue weighted by molar-refractivity contribution is 0.0909. The molecule has 1 saturated carbocycles. The van der Waals surface area contributed by atoms with E-state index in [0.717, 1.165) is 28.9 Å². The molecule has 1 N–H and O–H groups in total. The summed E-state index contributed by atoms with van der Waals surface area (Å²) in [6.45, 7) is 6.19. The van der Waals surface area contributed by atoms with Gasteiger partial charge in [0, 0.05) is 28.7 Å². The average molecular weight is 410 g/mol. The van der Waals surface area contributed by atoms with Crippen LogP contribution in [-0.2, 0) is 5.75 Å². The lowest BCUT2D eigenvalue weighted by atomic mass is 9.86. The molecular weight excluding hydrogens is 382 g/mol. The number of hydrogen-bond donors (Lipinski definition) is 1. The number of amides is 1. The highest BCUT2D eigenvalue weighted by Crippen LogP contribution is 2.26. The zero-order valence-electron chi connectivity index (χ0n) is 17.2. The molecule has 0 radical (unpaired) electrons. The van der Waals surface area contributed by atoms with Gasteiger partial charge in [-0.3, -0.25) is 4.79 Å². The molecule has 1 aliphatic rings. The average Bonchev–Trinajstić information content (AvgIpc) is 3.11. The van der Waals surface area contributed by atoms with Gasteiger partial charge >= 0.3 is 0 Å². The van der Waals surface area contributed by atoms with Crippen molar-refractivity contribution in [2.45, 2.75) is 63.4 Å². The first kappa shape index (κ1) is 19.9. The van der Waals surface area contributed by atoms with Crippen molar-refractivity contribution in [3.05, 3.63) is 52.8 Å². The van der Waals surface area contributed by atoms with Gasteiger partial charge in [-0.05, 0) is 50.3 Å². The van der Waals surface area contributed by atoms with Crippen LogP contribution < -0.4 is 5.32 Å². The molecule has 29 heavy (non-hydrogen) atoms. The zero-order valence-corrected chi connectivity index (χ0v) is 18.0. The van der Waals surface area contributed by atoms with Crippen molar-refractivity contribution in [1.82, 2.24) is 24.9 Å². The van der Waals surface area contributed by atoms with Gasteiger partial charge in [0.2, 0.25) is 5.16 Å². The number of benzene rings is 1. The van der Waals surface area contributed by atoms with Crippen molar-refractivity contribution in [3.63, 3.8) is 0 Å². The first-order valence-electron chi connectivity index (χ1n) is 10.2. The third kappa shape index (κ3) is 4.45. The second kappa shape index (κ2) is 8.53.